The Morgan fingerprint density at radius 1 is 0.833 bits per heavy atom. The SMILES string of the molecule is c1ccc(-c2cc(-c3coc4nc5ccccc5n34)ccn2)cc1. The van der Waals surface area contributed by atoms with Gasteiger partial charge in [0.15, 0.2) is 0 Å². The van der Waals surface area contributed by atoms with Crippen molar-refractivity contribution in [1.82, 2.24) is 14.4 Å². The maximum atomic E-state index is 5.67. The molecule has 3 heterocycles. The molecule has 0 saturated carbocycles. The number of rotatable bonds is 2. The number of oxazole rings is 1. The minimum Gasteiger partial charge on any atom is -0.431 e. The van der Waals surface area contributed by atoms with E-state index in [0.717, 1.165) is 33.5 Å². The van der Waals surface area contributed by atoms with Crippen molar-refractivity contribution in [1.29, 1.82) is 0 Å². The van der Waals surface area contributed by atoms with Crippen LogP contribution in [0.5, 0.6) is 0 Å². The van der Waals surface area contributed by atoms with Gasteiger partial charge in [0.05, 0.1) is 22.4 Å². The summed E-state index contributed by atoms with van der Waals surface area (Å²) in [6, 6.07) is 22.3. The van der Waals surface area contributed by atoms with Crippen LogP contribution in [0.15, 0.2) is 83.6 Å². The molecular weight excluding hydrogens is 298 g/mol. The molecule has 0 aliphatic rings. The number of para-hydroxylation sites is 2. The topological polar surface area (TPSA) is 43.3 Å². The molecule has 4 nitrogen and oxygen atoms in total. The van der Waals surface area contributed by atoms with Crippen LogP contribution >= 0.6 is 0 Å². The molecule has 0 bridgehead atoms. The number of fused-ring (bicyclic) bond motifs is 3. The molecule has 3 aromatic heterocycles. The molecule has 114 valence electrons. The highest BCUT2D eigenvalue weighted by atomic mass is 16.3. The molecule has 0 N–H and O–H groups in total. The molecule has 0 saturated heterocycles. The van der Waals surface area contributed by atoms with Gasteiger partial charge in [-0.2, -0.15) is 4.98 Å². The van der Waals surface area contributed by atoms with Gasteiger partial charge >= 0.3 is 5.84 Å². The lowest BCUT2D eigenvalue weighted by molar-refractivity contribution is 0.597. The second-order valence-electron chi connectivity index (χ2n) is 5.64. The molecule has 5 rings (SSSR count). The van der Waals surface area contributed by atoms with E-state index >= 15 is 0 Å². The van der Waals surface area contributed by atoms with E-state index in [-0.39, 0.29) is 0 Å². The van der Waals surface area contributed by atoms with Crippen LogP contribution < -0.4 is 0 Å². The zero-order valence-corrected chi connectivity index (χ0v) is 12.8. The van der Waals surface area contributed by atoms with Crippen LogP contribution in [0.1, 0.15) is 0 Å². The van der Waals surface area contributed by atoms with Crippen molar-refractivity contribution < 1.29 is 4.42 Å². The molecule has 0 unspecified atom stereocenters. The van der Waals surface area contributed by atoms with Gasteiger partial charge in [-0.1, -0.05) is 42.5 Å². The predicted octanol–water partition coefficient (Wildman–Crippen LogP) is 4.81. The van der Waals surface area contributed by atoms with Gasteiger partial charge < -0.3 is 4.42 Å². The summed E-state index contributed by atoms with van der Waals surface area (Å²) in [4.78, 5) is 9.02. The highest BCUT2D eigenvalue weighted by Gasteiger charge is 2.14. The lowest BCUT2D eigenvalue weighted by Crippen LogP contribution is -1.89. The van der Waals surface area contributed by atoms with Crippen LogP contribution in [0.2, 0.25) is 0 Å². The van der Waals surface area contributed by atoms with Gasteiger partial charge in [0.1, 0.15) is 6.26 Å². The van der Waals surface area contributed by atoms with Crippen LogP contribution in [0.25, 0.3) is 39.4 Å². The Kier molecular flexibility index (Phi) is 2.76. The smallest absolute Gasteiger partial charge is 0.307 e. The van der Waals surface area contributed by atoms with E-state index < -0.39 is 0 Å². The fourth-order valence-corrected chi connectivity index (χ4v) is 3.03. The van der Waals surface area contributed by atoms with Crippen LogP contribution in [0, 0.1) is 0 Å². The second kappa shape index (κ2) is 5.06. The maximum Gasteiger partial charge on any atom is 0.307 e. The van der Waals surface area contributed by atoms with E-state index in [4.69, 9.17) is 4.42 Å². The number of hydrogen-bond donors (Lipinski definition) is 0. The van der Waals surface area contributed by atoms with Crippen molar-refractivity contribution >= 4 is 16.9 Å². The first-order valence-electron chi connectivity index (χ1n) is 7.77. The van der Waals surface area contributed by atoms with Crippen molar-refractivity contribution in [2.45, 2.75) is 0 Å². The summed E-state index contributed by atoms with van der Waals surface area (Å²) in [6.07, 6.45) is 3.58. The van der Waals surface area contributed by atoms with Crippen LogP contribution in [-0.4, -0.2) is 14.4 Å². The molecule has 0 aliphatic carbocycles. The lowest BCUT2D eigenvalue weighted by atomic mass is 10.1. The summed E-state index contributed by atoms with van der Waals surface area (Å²) < 4.78 is 7.71. The minimum absolute atomic E-state index is 0.601. The van der Waals surface area contributed by atoms with Crippen molar-refractivity contribution in [3.63, 3.8) is 0 Å². The third-order valence-corrected chi connectivity index (χ3v) is 4.17. The van der Waals surface area contributed by atoms with Gasteiger partial charge in [-0.15, -0.1) is 0 Å². The van der Waals surface area contributed by atoms with Crippen LogP contribution in [-0.2, 0) is 0 Å². The molecule has 2 aromatic carbocycles. The number of benzene rings is 2. The largest absolute Gasteiger partial charge is 0.431 e. The maximum absolute atomic E-state index is 5.67. The first-order chi connectivity index (χ1) is 11.9. The van der Waals surface area contributed by atoms with Gasteiger partial charge in [0.25, 0.3) is 0 Å². The molecule has 0 radical (unpaired) electrons. The van der Waals surface area contributed by atoms with Crippen LogP contribution in [0.3, 0.4) is 0 Å². The van der Waals surface area contributed by atoms with Gasteiger partial charge in [-0.05, 0) is 24.3 Å². The summed E-state index contributed by atoms with van der Waals surface area (Å²) in [5.74, 6) is 0.601. The molecule has 0 spiro atoms. The Balaban J connectivity index is 1.73. The van der Waals surface area contributed by atoms with E-state index in [1.54, 1.807) is 6.26 Å². The number of hydrogen-bond acceptors (Lipinski definition) is 3. The molecule has 0 amide bonds. The first kappa shape index (κ1) is 13.1. The summed E-state index contributed by atoms with van der Waals surface area (Å²) in [6.45, 7) is 0. The second-order valence-corrected chi connectivity index (χ2v) is 5.64. The summed E-state index contributed by atoms with van der Waals surface area (Å²) in [5, 5.41) is 0. The van der Waals surface area contributed by atoms with Crippen molar-refractivity contribution in [2.75, 3.05) is 0 Å². The normalized spacial score (nSPS) is 11.3. The third kappa shape index (κ3) is 1.93. The number of nitrogens with zero attached hydrogens (tertiary/aromatic N) is 3. The molecule has 0 atom stereocenters. The Bertz CT molecular complexity index is 1160. The molecular formula is C20H13N3O. The average molecular weight is 311 g/mol. The van der Waals surface area contributed by atoms with Crippen molar-refractivity contribution in [2.24, 2.45) is 0 Å². The number of aromatic nitrogens is 3. The Morgan fingerprint density at radius 2 is 1.67 bits per heavy atom. The summed E-state index contributed by atoms with van der Waals surface area (Å²) in [7, 11) is 0. The fraction of sp³-hybridized carbons (Fsp3) is 0. The van der Waals surface area contributed by atoms with Gasteiger partial charge in [-0.3, -0.25) is 9.38 Å². The highest BCUT2D eigenvalue weighted by molar-refractivity contribution is 5.82. The summed E-state index contributed by atoms with van der Waals surface area (Å²) in [5.41, 5.74) is 6.01. The predicted molar refractivity (Wildman–Crippen MR) is 93.6 cm³/mol. The van der Waals surface area contributed by atoms with E-state index in [0.29, 0.717) is 5.84 Å². The lowest BCUT2D eigenvalue weighted by Gasteiger charge is -2.04. The highest BCUT2D eigenvalue weighted by Crippen LogP contribution is 2.29. The van der Waals surface area contributed by atoms with E-state index in [9.17, 15) is 0 Å². The third-order valence-electron chi connectivity index (χ3n) is 4.17. The molecule has 0 aliphatic heterocycles. The molecule has 0 fully saturated rings. The van der Waals surface area contributed by atoms with Gasteiger partial charge in [0, 0.05) is 17.3 Å². The Labute approximate surface area is 138 Å². The summed E-state index contributed by atoms with van der Waals surface area (Å²) >= 11 is 0. The van der Waals surface area contributed by atoms with E-state index in [1.165, 1.54) is 0 Å². The number of pyridine rings is 1. The van der Waals surface area contributed by atoms with Crippen LogP contribution in [0.4, 0.5) is 0 Å². The monoisotopic (exact) mass is 311 g/mol. The van der Waals surface area contributed by atoms with Gasteiger partial charge in [-0.25, -0.2) is 0 Å². The van der Waals surface area contributed by atoms with Gasteiger partial charge in [0.2, 0.25) is 0 Å². The fourth-order valence-electron chi connectivity index (χ4n) is 3.03. The minimum atomic E-state index is 0.601. The Morgan fingerprint density at radius 3 is 2.58 bits per heavy atom. The first-order valence-corrected chi connectivity index (χ1v) is 7.77. The molecule has 24 heavy (non-hydrogen) atoms. The Hall–Kier alpha value is -3.40. The van der Waals surface area contributed by atoms with E-state index in [2.05, 4.69) is 28.2 Å². The van der Waals surface area contributed by atoms with Crippen molar-refractivity contribution in [3.05, 3.63) is 79.2 Å². The number of imidazole rings is 1. The quantitative estimate of drug-likeness (QED) is 0.470. The van der Waals surface area contributed by atoms with E-state index in [1.807, 2.05) is 59.1 Å². The average Bonchev–Trinajstić information content (AvgIpc) is 3.22. The standard InChI is InChI=1S/C20H13N3O/c1-2-6-14(7-3-1)17-12-15(10-11-21-17)19-13-24-20-22-16-8-4-5-9-18(16)23(19)20/h1-13H. The zero-order chi connectivity index (χ0) is 15.9. The molecule has 4 heteroatoms. The zero-order valence-electron chi connectivity index (χ0n) is 12.8. The molecule has 5 aromatic rings. The van der Waals surface area contributed by atoms with Crippen molar-refractivity contribution in [3.8, 4) is 22.5 Å².